The van der Waals surface area contributed by atoms with Crippen molar-refractivity contribution in [3.63, 3.8) is 0 Å². The molecule has 2 heterocycles. The maximum absolute atomic E-state index is 10.5. The van der Waals surface area contributed by atoms with E-state index in [4.69, 9.17) is 4.42 Å². The van der Waals surface area contributed by atoms with E-state index in [-0.39, 0.29) is 5.88 Å². The highest BCUT2D eigenvalue weighted by atomic mass is 16.6. The minimum absolute atomic E-state index is 0.246. The Morgan fingerprint density at radius 3 is 2.95 bits per heavy atom. The third kappa shape index (κ3) is 2.44. The van der Waals surface area contributed by atoms with Crippen LogP contribution in [0.25, 0.3) is 10.9 Å². The van der Waals surface area contributed by atoms with Crippen LogP contribution in [0.1, 0.15) is 5.76 Å². The molecule has 1 aromatic carbocycles. The lowest BCUT2D eigenvalue weighted by Gasteiger charge is -2.05. The van der Waals surface area contributed by atoms with Gasteiger partial charge in [-0.15, -0.1) is 0 Å². The van der Waals surface area contributed by atoms with Crippen molar-refractivity contribution in [2.24, 2.45) is 0 Å². The predicted molar refractivity (Wildman–Crippen MR) is 74.4 cm³/mol. The normalized spacial score (nSPS) is 10.6. The fraction of sp³-hybridized carbons (Fsp3) is 0.0714. The van der Waals surface area contributed by atoms with E-state index in [1.54, 1.807) is 12.3 Å². The summed E-state index contributed by atoms with van der Waals surface area (Å²) in [6.45, 7) is 0.389. The van der Waals surface area contributed by atoms with Gasteiger partial charge in [-0.2, -0.15) is 0 Å². The number of rotatable bonds is 4. The van der Waals surface area contributed by atoms with Crippen molar-refractivity contribution in [1.29, 1.82) is 0 Å². The number of benzene rings is 1. The van der Waals surface area contributed by atoms with Gasteiger partial charge in [-0.05, 0) is 30.3 Å². The van der Waals surface area contributed by atoms with E-state index in [0.29, 0.717) is 12.3 Å². The fourth-order valence-electron chi connectivity index (χ4n) is 1.93. The van der Waals surface area contributed by atoms with Gasteiger partial charge in [0.1, 0.15) is 10.7 Å². The van der Waals surface area contributed by atoms with Crippen LogP contribution < -0.4 is 5.32 Å². The summed E-state index contributed by atoms with van der Waals surface area (Å²) in [5.41, 5.74) is 1.83. The van der Waals surface area contributed by atoms with Gasteiger partial charge in [-0.25, -0.2) is 0 Å². The highest BCUT2D eigenvalue weighted by Gasteiger charge is 2.11. The SMILES string of the molecule is O=[N+]([O-])c1ccc(CNc2ccc3ncccc3c2)o1. The average Bonchev–Trinajstić information content (AvgIpc) is 2.94. The van der Waals surface area contributed by atoms with E-state index < -0.39 is 4.92 Å². The Bertz CT molecular complexity index is 767. The molecule has 0 saturated heterocycles. The Kier molecular flexibility index (Phi) is 3.04. The topological polar surface area (TPSA) is 81.2 Å². The molecular formula is C14H11N3O3. The summed E-state index contributed by atoms with van der Waals surface area (Å²) in [6, 6.07) is 12.6. The van der Waals surface area contributed by atoms with Crippen LogP contribution in [0.2, 0.25) is 0 Å². The molecule has 0 aliphatic heterocycles. The van der Waals surface area contributed by atoms with Crippen molar-refractivity contribution in [3.8, 4) is 0 Å². The summed E-state index contributed by atoms with van der Waals surface area (Å²) in [5.74, 6) is 0.271. The Balaban J connectivity index is 1.74. The van der Waals surface area contributed by atoms with Gasteiger partial charge >= 0.3 is 5.88 Å². The first kappa shape index (κ1) is 12.2. The molecule has 3 rings (SSSR count). The molecule has 2 aromatic heterocycles. The van der Waals surface area contributed by atoms with Crippen LogP contribution >= 0.6 is 0 Å². The van der Waals surface area contributed by atoms with Crippen LogP contribution in [0.5, 0.6) is 0 Å². The second kappa shape index (κ2) is 5.00. The van der Waals surface area contributed by atoms with Gasteiger partial charge < -0.3 is 9.73 Å². The first-order valence-corrected chi connectivity index (χ1v) is 6.04. The Labute approximate surface area is 114 Å². The molecule has 0 radical (unpaired) electrons. The predicted octanol–water partition coefficient (Wildman–Crippen LogP) is 3.35. The van der Waals surface area contributed by atoms with Crippen molar-refractivity contribution in [2.75, 3.05) is 5.32 Å². The highest BCUT2D eigenvalue weighted by molar-refractivity contribution is 5.82. The van der Waals surface area contributed by atoms with E-state index in [2.05, 4.69) is 10.3 Å². The molecule has 6 nitrogen and oxygen atoms in total. The third-order valence-electron chi connectivity index (χ3n) is 2.90. The minimum Gasteiger partial charge on any atom is -0.404 e. The standard InChI is InChI=1S/C14H11N3O3/c18-17(19)14-6-4-12(20-14)9-16-11-3-5-13-10(8-11)2-1-7-15-13/h1-8,16H,9H2. The lowest BCUT2D eigenvalue weighted by molar-refractivity contribution is -0.402. The Morgan fingerprint density at radius 1 is 1.25 bits per heavy atom. The zero-order valence-electron chi connectivity index (χ0n) is 10.4. The first-order valence-electron chi connectivity index (χ1n) is 6.04. The van der Waals surface area contributed by atoms with Crippen molar-refractivity contribution in [2.45, 2.75) is 6.54 Å². The van der Waals surface area contributed by atoms with Crippen molar-refractivity contribution in [1.82, 2.24) is 4.98 Å². The number of nitro groups is 1. The molecule has 0 saturated carbocycles. The molecule has 6 heteroatoms. The first-order chi connectivity index (χ1) is 9.72. The molecule has 0 bridgehead atoms. The van der Waals surface area contributed by atoms with E-state index in [9.17, 15) is 10.1 Å². The molecule has 0 unspecified atom stereocenters. The van der Waals surface area contributed by atoms with Gasteiger partial charge in [0.25, 0.3) is 0 Å². The molecule has 3 aromatic rings. The van der Waals surface area contributed by atoms with Crippen LogP contribution in [0, 0.1) is 10.1 Å². The van der Waals surface area contributed by atoms with Crippen LogP contribution in [0.3, 0.4) is 0 Å². The number of anilines is 1. The lowest BCUT2D eigenvalue weighted by Crippen LogP contribution is -1.98. The number of hydrogen-bond donors (Lipinski definition) is 1. The summed E-state index contributed by atoms with van der Waals surface area (Å²) in [5, 5.41) is 14.7. The van der Waals surface area contributed by atoms with Crippen LogP contribution in [-0.2, 0) is 6.54 Å². The number of nitrogens with one attached hydrogen (secondary N) is 1. The van der Waals surface area contributed by atoms with Crippen molar-refractivity contribution in [3.05, 3.63) is 64.5 Å². The molecular weight excluding hydrogens is 258 g/mol. The maximum atomic E-state index is 10.5. The summed E-state index contributed by atoms with van der Waals surface area (Å²) < 4.78 is 5.08. The Hall–Kier alpha value is -2.89. The molecule has 0 amide bonds. The van der Waals surface area contributed by atoms with Gasteiger partial charge in [0.15, 0.2) is 0 Å². The maximum Gasteiger partial charge on any atom is 0.433 e. The molecule has 20 heavy (non-hydrogen) atoms. The largest absolute Gasteiger partial charge is 0.433 e. The van der Waals surface area contributed by atoms with E-state index in [1.807, 2.05) is 30.3 Å². The molecule has 0 spiro atoms. The van der Waals surface area contributed by atoms with E-state index in [1.165, 1.54) is 6.07 Å². The van der Waals surface area contributed by atoms with Crippen molar-refractivity contribution < 1.29 is 9.34 Å². The molecule has 0 aliphatic rings. The molecule has 0 aliphatic carbocycles. The number of nitrogens with zero attached hydrogens (tertiary/aromatic N) is 2. The monoisotopic (exact) mass is 269 g/mol. The second-order valence-electron chi connectivity index (χ2n) is 4.26. The smallest absolute Gasteiger partial charge is 0.404 e. The van der Waals surface area contributed by atoms with Crippen LogP contribution in [0.15, 0.2) is 53.1 Å². The molecule has 1 N–H and O–H groups in total. The number of aromatic nitrogens is 1. The van der Waals surface area contributed by atoms with E-state index >= 15 is 0 Å². The second-order valence-corrected chi connectivity index (χ2v) is 4.26. The Morgan fingerprint density at radius 2 is 2.15 bits per heavy atom. The number of fused-ring (bicyclic) bond motifs is 1. The van der Waals surface area contributed by atoms with Gasteiger partial charge in [0.05, 0.1) is 18.1 Å². The van der Waals surface area contributed by atoms with Gasteiger partial charge in [-0.1, -0.05) is 6.07 Å². The zero-order valence-corrected chi connectivity index (χ0v) is 10.4. The van der Waals surface area contributed by atoms with Crippen molar-refractivity contribution >= 4 is 22.5 Å². The summed E-state index contributed by atoms with van der Waals surface area (Å²) in [7, 11) is 0. The third-order valence-corrected chi connectivity index (χ3v) is 2.90. The zero-order chi connectivity index (χ0) is 13.9. The van der Waals surface area contributed by atoms with Gasteiger partial charge in [0, 0.05) is 17.3 Å². The molecule has 0 fully saturated rings. The number of hydrogen-bond acceptors (Lipinski definition) is 5. The van der Waals surface area contributed by atoms with Gasteiger partial charge in [-0.3, -0.25) is 15.1 Å². The number of furan rings is 1. The fourth-order valence-corrected chi connectivity index (χ4v) is 1.93. The summed E-state index contributed by atoms with van der Waals surface area (Å²) in [6.07, 6.45) is 1.75. The van der Waals surface area contributed by atoms with E-state index in [0.717, 1.165) is 16.6 Å². The van der Waals surface area contributed by atoms with Crippen LogP contribution in [-0.4, -0.2) is 9.91 Å². The average molecular weight is 269 g/mol. The molecule has 100 valence electrons. The highest BCUT2D eigenvalue weighted by Crippen LogP contribution is 2.19. The lowest BCUT2D eigenvalue weighted by atomic mass is 10.2. The van der Waals surface area contributed by atoms with Crippen LogP contribution in [0.4, 0.5) is 11.6 Å². The number of pyridine rings is 1. The minimum atomic E-state index is -0.550. The summed E-state index contributed by atoms with van der Waals surface area (Å²) in [4.78, 5) is 14.2. The van der Waals surface area contributed by atoms with Gasteiger partial charge in [0.2, 0.25) is 0 Å². The quantitative estimate of drug-likeness (QED) is 0.580. The molecule has 0 atom stereocenters. The summed E-state index contributed by atoms with van der Waals surface area (Å²) >= 11 is 0.